The molecule has 0 amide bonds. The molecule has 120 valence electrons. The molecule has 3 N–H and O–H groups in total. The zero-order chi connectivity index (χ0) is 16.7. The van der Waals surface area contributed by atoms with Gasteiger partial charge >= 0.3 is 0 Å². The van der Waals surface area contributed by atoms with Crippen LogP contribution in [0.1, 0.15) is 0 Å². The molecule has 0 saturated carbocycles. The number of anilines is 1. The summed E-state index contributed by atoms with van der Waals surface area (Å²) in [7, 11) is 1.51. The normalized spacial score (nSPS) is 11.0. The van der Waals surface area contributed by atoms with Gasteiger partial charge in [-0.3, -0.25) is 0 Å². The van der Waals surface area contributed by atoms with E-state index in [1.807, 2.05) is 12.1 Å². The Hall–Kier alpha value is -3.06. The van der Waals surface area contributed by atoms with Crippen molar-refractivity contribution in [3.63, 3.8) is 0 Å². The van der Waals surface area contributed by atoms with Crippen LogP contribution >= 0.6 is 11.3 Å². The van der Waals surface area contributed by atoms with E-state index >= 15 is 0 Å². The van der Waals surface area contributed by atoms with Gasteiger partial charge in [-0.25, -0.2) is 9.97 Å². The first kappa shape index (κ1) is 14.5. The fourth-order valence-corrected chi connectivity index (χ4v) is 3.69. The average molecular weight is 339 g/mol. The van der Waals surface area contributed by atoms with Crippen LogP contribution in [0.5, 0.6) is 11.5 Å². The highest BCUT2D eigenvalue weighted by Gasteiger charge is 2.18. The third-order valence-corrected chi connectivity index (χ3v) is 4.93. The van der Waals surface area contributed by atoms with Gasteiger partial charge < -0.3 is 20.0 Å². The van der Waals surface area contributed by atoms with Crippen molar-refractivity contribution in [3.05, 3.63) is 43.1 Å². The van der Waals surface area contributed by atoms with Crippen LogP contribution in [0, 0.1) is 0 Å². The Morgan fingerprint density at radius 2 is 2.12 bits per heavy atom. The van der Waals surface area contributed by atoms with E-state index in [4.69, 9.17) is 14.9 Å². The number of nitrogens with zero attached hydrogens (tertiary/aromatic N) is 2. The van der Waals surface area contributed by atoms with Crippen molar-refractivity contribution in [2.24, 2.45) is 0 Å². The molecule has 0 aliphatic heterocycles. The van der Waals surface area contributed by atoms with Gasteiger partial charge in [0, 0.05) is 16.0 Å². The van der Waals surface area contributed by atoms with Gasteiger partial charge in [0.1, 0.15) is 17.8 Å². The van der Waals surface area contributed by atoms with E-state index in [-0.39, 0.29) is 11.4 Å². The quantitative estimate of drug-likeness (QED) is 0.434. The topological polar surface area (TPSA) is 94.4 Å². The van der Waals surface area contributed by atoms with E-state index in [0.29, 0.717) is 17.0 Å². The number of methoxy groups -OCH3 is 1. The minimum atomic E-state index is -0.0221. The molecule has 4 rings (SSSR count). The summed E-state index contributed by atoms with van der Waals surface area (Å²) in [6.45, 7) is 0. The summed E-state index contributed by atoms with van der Waals surface area (Å²) < 4.78 is 11.4. The molecule has 0 fully saturated rings. The molecule has 0 aliphatic rings. The maximum Gasteiger partial charge on any atom is 0.155 e. The van der Waals surface area contributed by atoms with Crippen LogP contribution in [0.3, 0.4) is 0 Å². The summed E-state index contributed by atoms with van der Waals surface area (Å²) in [6.07, 6.45) is 4.83. The highest BCUT2D eigenvalue weighted by molar-refractivity contribution is 7.22. The Morgan fingerprint density at radius 3 is 2.88 bits per heavy atom. The summed E-state index contributed by atoms with van der Waals surface area (Å²) in [6, 6.07) is 7.17. The number of phenols is 1. The molecule has 6 nitrogen and oxygen atoms in total. The van der Waals surface area contributed by atoms with Crippen LogP contribution in [-0.4, -0.2) is 22.2 Å². The number of rotatable bonds is 3. The SMILES string of the molecule is COc1c(-c2ncnc3cc(-c4ccoc4)sc23)ccc(O)c1N. The maximum atomic E-state index is 9.80. The van der Waals surface area contributed by atoms with E-state index in [2.05, 4.69) is 9.97 Å². The lowest BCUT2D eigenvalue weighted by Gasteiger charge is -2.12. The van der Waals surface area contributed by atoms with E-state index in [0.717, 1.165) is 20.7 Å². The van der Waals surface area contributed by atoms with Gasteiger partial charge in [0.2, 0.25) is 0 Å². The molecule has 0 radical (unpaired) electrons. The van der Waals surface area contributed by atoms with Gasteiger partial charge in [0.05, 0.1) is 35.5 Å². The van der Waals surface area contributed by atoms with Crippen LogP contribution in [-0.2, 0) is 0 Å². The number of nitrogens with two attached hydrogens (primary N) is 1. The molecule has 0 unspecified atom stereocenters. The summed E-state index contributed by atoms with van der Waals surface area (Å²) in [5, 5.41) is 9.80. The van der Waals surface area contributed by atoms with Gasteiger partial charge in [-0.2, -0.15) is 0 Å². The largest absolute Gasteiger partial charge is 0.506 e. The lowest BCUT2D eigenvalue weighted by atomic mass is 10.1. The van der Waals surface area contributed by atoms with Crippen molar-refractivity contribution in [3.8, 4) is 33.2 Å². The predicted molar refractivity (Wildman–Crippen MR) is 93.2 cm³/mol. The fraction of sp³-hybridized carbons (Fsp3) is 0.0588. The molecular formula is C17H13N3O3S. The van der Waals surface area contributed by atoms with Crippen LogP contribution in [0.25, 0.3) is 31.9 Å². The fourth-order valence-electron chi connectivity index (χ4n) is 2.59. The second-order valence-corrected chi connectivity index (χ2v) is 6.19. The molecule has 0 spiro atoms. The summed E-state index contributed by atoms with van der Waals surface area (Å²) in [5.41, 5.74) is 9.35. The minimum absolute atomic E-state index is 0.0221. The summed E-state index contributed by atoms with van der Waals surface area (Å²) >= 11 is 1.56. The van der Waals surface area contributed by atoms with Crippen LogP contribution in [0.15, 0.2) is 47.5 Å². The highest BCUT2D eigenvalue weighted by atomic mass is 32.1. The number of hydrogen-bond acceptors (Lipinski definition) is 7. The first-order valence-electron chi connectivity index (χ1n) is 7.12. The number of aromatic hydroxyl groups is 1. The minimum Gasteiger partial charge on any atom is -0.506 e. The summed E-state index contributed by atoms with van der Waals surface area (Å²) in [4.78, 5) is 9.78. The Morgan fingerprint density at radius 1 is 1.25 bits per heavy atom. The van der Waals surface area contributed by atoms with Gasteiger partial charge in [-0.1, -0.05) is 0 Å². The third kappa shape index (κ3) is 2.17. The standard InChI is InChI=1S/C17H13N3O3S/c1-22-16-10(2-3-12(21)14(16)18)15-17-11(19-8-20-15)6-13(24-17)9-4-5-23-7-9/h2-8,21H,18H2,1H3. The van der Waals surface area contributed by atoms with Crippen molar-refractivity contribution < 1.29 is 14.3 Å². The Bertz CT molecular complexity index is 1030. The van der Waals surface area contributed by atoms with Crippen molar-refractivity contribution >= 4 is 27.2 Å². The van der Waals surface area contributed by atoms with Gasteiger partial charge in [-0.05, 0) is 24.3 Å². The number of furan rings is 1. The average Bonchev–Trinajstić information content (AvgIpc) is 3.25. The molecule has 4 aromatic rings. The Kier molecular flexibility index (Phi) is 3.35. The Labute approximate surface area is 141 Å². The molecule has 0 atom stereocenters. The first-order valence-corrected chi connectivity index (χ1v) is 7.93. The third-order valence-electron chi connectivity index (χ3n) is 3.75. The predicted octanol–water partition coefficient (Wildman–Crippen LogP) is 3.91. The van der Waals surface area contributed by atoms with E-state index in [1.165, 1.54) is 19.5 Å². The van der Waals surface area contributed by atoms with Gasteiger partial charge in [0.25, 0.3) is 0 Å². The molecule has 3 aromatic heterocycles. The van der Waals surface area contributed by atoms with Gasteiger partial charge in [-0.15, -0.1) is 11.3 Å². The number of nitrogen functional groups attached to an aromatic ring is 1. The van der Waals surface area contributed by atoms with Crippen molar-refractivity contribution in [2.45, 2.75) is 0 Å². The smallest absolute Gasteiger partial charge is 0.155 e. The van der Waals surface area contributed by atoms with Crippen LogP contribution in [0.2, 0.25) is 0 Å². The first-order chi connectivity index (χ1) is 11.7. The number of thiophene rings is 1. The van der Waals surface area contributed by atoms with E-state index in [1.54, 1.807) is 29.9 Å². The zero-order valence-electron chi connectivity index (χ0n) is 12.7. The molecule has 0 aliphatic carbocycles. The number of phenolic OH excluding ortho intramolecular Hbond substituents is 1. The van der Waals surface area contributed by atoms with Crippen molar-refractivity contribution in [1.29, 1.82) is 0 Å². The number of ether oxygens (including phenoxy) is 1. The van der Waals surface area contributed by atoms with Crippen LogP contribution < -0.4 is 10.5 Å². The molecular weight excluding hydrogens is 326 g/mol. The molecule has 0 bridgehead atoms. The molecule has 3 heterocycles. The second-order valence-electron chi connectivity index (χ2n) is 5.14. The lowest BCUT2D eigenvalue weighted by Crippen LogP contribution is -1.97. The number of hydrogen-bond donors (Lipinski definition) is 2. The second kappa shape index (κ2) is 5.54. The number of aromatic nitrogens is 2. The summed E-state index contributed by atoms with van der Waals surface area (Å²) in [5.74, 6) is 0.374. The lowest BCUT2D eigenvalue weighted by molar-refractivity contribution is 0.412. The van der Waals surface area contributed by atoms with E-state index in [9.17, 15) is 5.11 Å². The maximum absolute atomic E-state index is 9.80. The number of fused-ring (bicyclic) bond motifs is 1. The highest BCUT2D eigenvalue weighted by Crippen LogP contribution is 2.43. The van der Waals surface area contributed by atoms with Crippen LogP contribution in [0.4, 0.5) is 5.69 Å². The molecule has 24 heavy (non-hydrogen) atoms. The Balaban J connectivity index is 1.97. The zero-order valence-corrected chi connectivity index (χ0v) is 13.5. The van der Waals surface area contributed by atoms with Crippen molar-refractivity contribution in [1.82, 2.24) is 9.97 Å². The monoisotopic (exact) mass is 339 g/mol. The van der Waals surface area contributed by atoms with Gasteiger partial charge in [0.15, 0.2) is 5.75 Å². The van der Waals surface area contributed by atoms with E-state index < -0.39 is 0 Å². The molecule has 0 saturated heterocycles. The van der Waals surface area contributed by atoms with Crippen molar-refractivity contribution in [2.75, 3.05) is 12.8 Å². The number of benzene rings is 1. The molecule has 7 heteroatoms. The molecule has 1 aromatic carbocycles.